The average Bonchev–Trinajstić information content (AvgIpc) is 2.79. The van der Waals surface area contributed by atoms with Gasteiger partial charge in [0, 0.05) is 5.02 Å². The molecule has 0 aliphatic carbocycles. The summed E-state index contributed by atoms with van der Waals surface area (Å²) in [4.78, 5) is 4.24. The molecule has 3 rings (SSSR count). The van der Waals surface area contributed by atoms with E-state index in [1.54, 1.807) is 34.9 Å². The molecule has 1 aromatic heterocycles. The monoisotopic (exact) mass is 328 g/mol. The molecule has 2 aromatic carbocycles. The van der Waals surface area contributed by atoms with Crippen LogP contribution in [0.4, 0.5) is 4.39 Å². The molecule has 20 heavy (non-hydrogen) atoms. The van der Waals surface area contributed by atoms with Gasteiger partial charge in [0.2, 0.25) is 0 Å². The third-order valence-electron chi connectivity index (χ3n) is 2.98. The number of benzene rings is 2. The molecule has 0 fully saturated rings. The number of aromatic nitrogens is 2. The number of para-hydroxylation sites is 1. The Morgan fingerprint density at radius 1 is 1.15 bits per heavy atom. The van der Waals surface area contributed by atoms with Gasteiger partial charge < -0.3 is 0 Å². The fourth-order valence-electron chi connectivity index (χ4n) is 2.13. The van der Waals surface area contributed by atoms with Crippen molar-refractivity contribution in [3.63, 3.8) is 0 Å². The minimum Gasteiger partial charge on any atom is -0.294 e. The minimum atomic E-state index is -0.391. The first-order valence-electron chi connectivity index (χ1n) is 5.79. The second-order valence-electron chi connectivity index (χ2n) is 4.20. The zero-order valence-corrected chi connectivity index (χ0v) is 12.3. The summed E-state index contributed by atoms with van der Waals surface area (Å²) in [7, 11) is 0. The van der Waals surface area contributed by atoms with Crippen LogP contribution in [0.2, 0.25) is 10.0 Å². The Labute approximate surface area is 129 Å². The highest BCUT2D eigenvalue weighted by Gasteiger charge is 2.16. The lowest BCUT2D eigenvalue weighted by Gasteiger charge is -2.10. The van der Waals surface area contributed by atoms with Gasteiger partial charge in [-0.05, 0) is 30.3 Å². The number of hydrogen-bond acceptors (Lipinski definition) is 1. The Balaban J connectivity index is 2.37. The predicted octanol–water partition coefficient (Wildman–Crippen LogP) is 5.21. The van der Waals surface area contributed by atoms with Gasteiger partial charge >= 0.3 is 0 Å². The number of rotatable bonds is 2. The first kappa shape index (κ1) is 13.7. The fraction of sp³-hybridized carbons (Fsp3) is 0.0714. The smallest absolute Gasteiger partial charge is 0.151 e. The van der Waals surface area contributed by atoms with Crippen molar-refractivity contribution in [3.8, 4) is 5.69 Å². The Bertz CT molecular complexity index is 798. The summed E-state index contributed by atoms with van der Waals surface area (Å²) in [5.41, 5.74) is 1.55. The van der Waals surface area contributed by atoms with Gasteiger partial charge in [0.15, 0.2) is 5.82 Å². The normalized spacial score (nSPS) is 11.2. The van der Waals surface area contributed by atoms with Gasteiger partial charge in [0.05, 0.1) is 22.1 Å². The van der Waals surface area contributed by atoms with E-state index in [4.69, 9.17) is 34.8 Å². The molecule has 0 radical (unpaired) electrons. The number of fused-ring (bicyclic) bond motifs is 1. The molecule has 6 heteroatoms. The van der Waals surface area contributed by atoms with Crippen molar-refractivity contribution in [1.29, 1.82) is 0 Å². The third kappa shape index (κ3) is 2.16. The van der Waals surface area contributed by atoms with E-state index in [1.807, 2.05) is 0 Å². The molecular formula is C14H8Cl3FN2. The van der Waals surface area contributed by atoms with Gasteiger partial charge in [-0.25, -0.2) is 9.37 Å². The van der Waals surface area contributed by atoms with Crippen molar-refractivity contribution in [3.05, 3.63) is 58.1 Å². The van der Waals surface area contributed by atoms with E-state index in [2.05, 4.69) is 4.98 Å². The van der Waals surface area contributed by atoms with Crippen molar-refractivity contribution in [1.82, 2.24) is 9.55 Å². The molecule has 102 valence electrons. The molecule has 0 unspecified atom stereocenters. The molecule has 1 heterocycles. The standard InChI is InChI=1S/C14H8Cl3FN2/c15-7-13-19-14-10(18)2-1-3-12(14)20(13)11-5-4-8(16)6-9(11)17/h1-6H,7H2. The van der Waals surface area contributed by atoms with Crippen LogP contribution in [0.3, 0.4) is 0 Å². The molecule has 0 saturated heterocycles. The highest BCUT2D eigenvalue weighted by atomic mass is 35.5. The molecule has 0 aliphatic heterocycles. The van der Waals surface area contributed by atoms with Crippen molar-refractivity contribution < 1.29 is 4.39 Å². The predicted molar refractivity (Wildman–Crippen MR) is 80.6 cm³/mol. The van der Waals surface area contributed by atoms with Gasteiger partial charge in [0.25, 0.3) is 0 Å². The van der Waals surface area contributed by atoms with Crippen LogP contribution < -0.4 is 0 Å². The topological polar surface area (TPSA) is 17.8 Å². The van der Waals surface area contributed by atoms with Crippen LogP contribution in [0.1, 0.15) is 5.82 Å². The largest absolute Gasteiger partial charge is 0.294 e. The van der Waals surface area contributed by atoms with Gasteiger partial charge in [-0.2, -0.15) is 0 Å². The molecule has 0 amide bonds. The number of hydrogen-bond donors (Lipinski definition) is 0. The van der Waals surface area contributed by atoms with Crippen molar-refractivity contribution in [2.24, 2.45) is 0 Å². The summed E-state index contributed by atoms with van der Waals surface area (Å²) < 4.78 is 15.6. The highest BCUT2D eigenvalue weighted by molar-refractivity contribution is 6.35. The lowest BCUT2D eigenvalue weighted by Crippen LogP contribution is -2.00. The second-order valence-corrected chi connectivity index (χ2v) is 5.31. The Morgan fingerprint density at radius 3 is 2.65 bits per heavy atom. The molecule has 0 aliphatic rings. The van der Waals surface area contributed by atoms with E-state index in [1.165, 1.54) is 6.07 Å². The summed E-state index contributed by atoms with van der Waals surface area (Å²) in [5.74, 6) is 0.279. The maximum absolute atomic E-state index is 13.8. The molecular weight excluding hydrogens is 322 g/mol. The summed E-state index contributed by atoms with van der Waals surface area (Å²) in [6, 6.07) is 9.85. The van der Waals surface area contributed by atoms with Crippen LogP contribution in [-0.2, 0) is 5.88 Å². The highest BCUT2D eigenvalue weighted by Crippen LogP contribution is 2.30. The van der Waals surface area contributed by atoms with Crippen molar-refractivity contribution in [2.45, 2.75) is 5.88 Å². The summed E-state index contributed by atoms with van der Waals surface area (Å²) in [6.07, 6.45) is 0. The van der Waals surface area contributed by atoms with Gasteiger partial charge in [-0.1, -0.05) is 29.3 Å². The summed E-state index contributed by atoms with van der Waals surface area (Å²) >= 11 is 18.0. The molecule has 3 aromatic rings. The number of nitrogens with zero attached hydrogens (tertiary/aromatic N) is 2. The van der Waals surface area contributed by atoms with Crippen LogP contribution in [-0.4, -0.2) is 9.55 Å². The van der Waals surface area contributed by atoms with Crippen molar-refractivity contribution >= 4 is 45.8 Å². The zero-order valence-electron chi connectivity index (χ0n) is 10.1. The Morgan fingerprint density at radius 2 is 1.95 bits per heavy atom. The van der Waals surface area contributed by atoms with Crippen LogP contribution in [0.5, 0.6) is 0 Å². The lowest BCUT2D eigenvalue weighted by molar-refractivity contribution is 0.637. The first-order chi connectivity index (χ1) is 9.61. The van der Waals surface area contributed by atoms with E-state index in [0.717, 1.165) is 0 Å². The lowest BCUT2D eigenvalue weighted by atomic mass is 10.2. The van der Waals surface area contributed by atoms with E-state index in [9.17, 15) is 4.39 Å². The van der Waals surface area contributed by atoms with Crippen LogP contribution in [0, 0.1) is 5.82 Å². The SMILES string of the molecule is Fc1cccc2c1nc(CCl)n2-c1ccc(Cl)cc1Cl. The maximum atomic E-state index is 13.8. The molecule has 0 N–H and O–H groups in total. The number of alkyl halides is 1. The maximum Gasteiger partial charge on any atom is 0.151 e. The molecule has 0 saturated carbocycles. The Kier molecular flexibility index (Phi) is 3.59. The van der Waals surface area contributed by atoms with Gasteiger partial charge in [0.1, 0.15) is 11.3 Å². The van der Waals surface area contributed by atoms with Gasteiger partial charge in [-0.3, -0.25) is 4.57 Å². The van der Waals surface area contributed by atoms with Crippen LogP contribution in [0.15, 0.2) is 36.4 Å². The number of imidazole rings is 1. The quantitative estimate of drug-likeness (QED) is 0.590. The zero-order chi connectivity index (χ0) is 14.3. The van der Waals surface area contributed by atoms with Crippen LogP contribution in [0.25, 0.3) is 16.7 Å². The summed E-state index contributed by atoms with van der Waals surface area (Å²) in [6.45, 7) is 0. The second kappa shape index (κ2) is 5.24. The number of halogens is 4. The molecule has 0 bridgehead atoms. The van der Waals surface area contributed by atoms with E-state index in [-0.39, 0.29) is 11.4 Å². The molecule has 2 nitrogen and oxygen atoms in total. The molecule has 0 spiro atoms. The van der Waals surface area contributed by atoms with Crippen LogP contribution >= 0.6 is 34.8 Å². The van der Waals surface area contributed by atoms with Crippen molar-refractivity contribution in [2.75, 3.05) is 0 Å². The fourth-order valence-corrected chi connectivity index (χ4v) is 2.81. The van der Waals surface area contributed by atoms with E-state index < -0.39 is 5.82 Å². The molecule has 0 atom stereocenters. The minimum absolute atomic E-state index is 0.146. The van der Waals surface area contributed by atoms with E-state index in [0.29, 0.717) is 27.1 Å². The van der Waals surface area contributed by atoms with E-state index >= 15 is 0 Å². The Hall–Kier alpha value is -1.29. The first-order valence-corrected chi connectivity index (χ1v) is 7.08. The third-order valence-corrected chi connectivity index (χ3v) is 3.75. The average molecular weight is 330 g/mol. The van der Waals surface area contributed by atoms with Gasteiger partial charge in [-0.15, -0.1) is 11.6 Å². The summed E-state index contributed by atoms with van der Waals surface area (Å²) in [5, 5.41) is 0.981.